The van der Waals surface area contributed by atoms with Crippen molar-refractivity contribution in [3.63, 3.8) is 0 Å². The van der Waals surface area contributed by atoms with Crippen LogP contribution in [0.1, 0.15) is 74.9 Å². The first-order chi connectivity index (χ1) is 24.0. The Morgan fingerprint density at radius 2 is 0.660 bits per heavy atom. The molecule has 2 aromatic heterocycles. The van der Waals surface area contributed by atoms with Crippen LogP contribution in [0.15, 0.2) is 133 Å². The van der Waals surface area contributed by atoms with E-state index in [4.69, 9.17) is 0 Å². The van der Waals surface area contributed by atoms with E-state index in [1.807, 2.05) is 0 Å². The zero-order chi connectivity index (χ0) is 34.6. The maximum atomic E-state index is 3.44. The van der Waals surface area contributed by atoms with Crippen molar-refractivity contribution in [1.29, 1.82) is 0 Å². The Labute approximate surface area is 295 Å². The van der Waals surface area contributed by atoms with E-state index in [-0.39, 0.29) is 10.8 Å². The average Bonchev–Trinajstić information content (AvgIpc) is 3.61. The van der Waals surface area contributed by atoms with Gasteiger partial charge in [-0.2, -0.15) is 0 Å². The van der Waals surface area contributed by atoms with E-state index in [2.05, 4.69) is 208 Å². The summed E-state index contributed by atoms with van der Waals surface area (Å²) in [6.07, 6.45) is 0. The van der Waals surface area contributed by atoms with Gasteiger partial charge < -0.3 is 0 Å². The van der Waals surface area contributed by atoms with Crippen molar-refractivity contribution < 1.29 is 0 Å². The highest BCUT2D eigenvalue weighted by Crippen LogP contribution is 2.36. The van der Waals surface area contributed by atoms with Crippen LogP contribution < -0.4 is 0 Å². The second kappa shape index (κ2) is 11.9. The Morgan fingerprint density at radius 3 is 1.04 bits per heavy atom. The molecule has 2 nitrogen and oxygen atoms in total. The molecule has 8 rings (SSSR count). The second-order valence-corrected chi connectivity index (χ2v) is 15.3. The highest BCUT2D eigenvalue weighted by molar-refractivity contribution is 6.12. The van der Waals surface area contributed by atoms with E-state index >= 15 is 0 Å². The van der Waals surface area contributed by atoms with Crippen LogP contribution in [0.3, 0.4) is 0 Å². The molecule has 0 unspecified atom stereocenters. The molecule has 0 bridgehead atoms. The van der Waals surface area contributed by atoms with Crippen LogP contribution in [0.25, 0.3) is 43.6 Å². The van der Waals surface area contributed by atoms with Crippen molar-refractivity contribution in [3.05, 3.63) is 167 Å². The summed E-state index contributed by atoms with van der Waals surface area (Å²) in [5, 5.41) is 4.76. The molecule has 0 aliphatic heterocycles. The van der Waals surface area contributed by atoms with E-state index in [9.17, 15) is 0 Å². The molecule has 0 fully saturated rings. The lowest BCUT2D eigenvalue weighted by Gasteiger charge is -2.18. The molecule has 0 amide bonds. The summed E-state index contributed by atoms with van der Waals surface area (Å²) in [5.74, 6) is 13.7. The number of aromatic nitrogens is 2. The van der Waals surface area contributed by atoms with E-state index < -0.39 is 0 Å². The Balaban J connectivity index is 1.23. The molecule has 8 aromatic rings. The van der Waals surface area contributed by atoms with Crippen LogP contribution >= 0.6 is 0 Å². The molecule has 50 heavy (non-hydrogen) atoms. The van der Waals surface area contributed by atoms with E-state index in [0.717, 1.165) is 44.3 Å². The van der Waals surface area contributed by atoms with Crippen LogP contribution in [0.2, 0.25) is 0 Å². The highest BCUT2D eigenvalue weighted by Gasteiger charge is 2.18. The highest BCUT2D eigenvalue weighted by atomic mass is 15.5. The minimum Gasteiger partial charge on any atom is -0.248 e. The number of fused-ring (bicyclic) bond motifs is 6. The molecule has 0 saturated heterocycles. The summed E-state index contributed by atoms with van der Waals surface area (Å²) in [6, 6.07) is 47.8. The van der Waals surface area contributed by atoms with Crippen LogP contribution in [0.5, 0.6) is 0 Å². The summed E-state index contributed by atoms with van der Waals surface area (Å²) in [5.41, 5.74) is 11.5. The average molecular weight is 645 g/mol. The molecule has 0 N–H and O–H groups in total. The third-order valence-electron chi connectivity index (χ3n) is 9.70. The van der Waals surface area contributed by atoms with Crippen molar-refractivity contribution in [2.75, 3.05) is 0 Å². The van der Waals surface area contributed by atoms with Gasteiger partial charge in [-0.25, -0.2) is 9.35 Å². The number of nitrogens with zero attached hydrogens (tertiary/aromatic N) is 2. The van der Waals surface area contributed by atoms with Crippen molar-refractivity contribution in [1.82, 2.24) is 9.35 Å². The first kappa shape index (κ1) is 31.3. The normalized spacial score (nSPS) is 11.9. The number of hydrogen-bond acceptors (Lipinski definition) is 0. The smallest absolute Gasteiger partial charge is 0.0717 e. The molecule has 0 saturated carbocycles. The van der Waals surface area contributed by atoms with E-state index in [1.54, 1.807) is 0 Å². The van der Waals surface area contributed by atoms with Crippen LogP contribution in [0, 0.1) is 23.7 Å². The summed E-state index contributed by atoms with van der Waals surface area (Å²) in [6.45, 7) is 13.4. The van der Waals surface area contributed by atoms with Gasteiger partial charge in [-0.1, -0.05) is 126 Å². The topological polar surface area (TPSA) is 9.86 Å². The third kappa shape index (κ3) is 5.64. The fraction of sp³-hybridized carbons (Fsp3) is 0.167. The van der Waals surface area contributed by atoms with Gasteiger partial charge in [0.15, 0.2) is 0 Å². The maximum absolute atomic E-state index is 3.44. The Hall–Kier alpha value is -5.96. The van der Waals surface area contributed by atoms with Gasteiger partial charge in [-0.3, -0.25) is 0 Å². The number of para-hydroxylation sites is 2. The number of hydrogen-bond donors (Lipinski definition) is 0. The Bertz CT molecular complexity index is 2500. The zero-order valence-electron chi connectivity index (χ0n) is 29.6. The summed E-state index contributed by atoms with van der Waals surface area (Å²) < 4.78 is 4.72. The van der Waals surface area contributed by atoms with Gasteiger partial charge in [0.2, 0.25) is 0 Å². The maximum Gasteiger partial charge on any atom is 0.0717 e. The molecule has 0 spiro atoms. The van der Waals surface area contributed by atoms with Crippen LogP contribution in [0.4, 0.5) is 0 Å². The third-order valence-corrected chi connectivity index (χ3v) is 9.70. The van der Waals surface area contributed by atoms with Crippen molar-refractivity contribution in [2.45, 2.75) is 52.4 Å². The monoisotopic (exact) mass is 644 g/mol. The minimum absolute atomic E-state index is 0.122. The van der Waals surface area contributed by atoms with Gasteiger partial charge >= 0.3 is 0 Å². The van der Waals surface area contributed by atoms with Gasteiger partial charge in [0.05, 0.1) is 22.1 Å². The molecular weight excluding hydrogens is 605 g/mol. The van der Waals surface area contributed by atoms with E-state index in [1.165, 1.54) is 32.7 Å². The standard InChI is InChI=1S/C48H40N2/c1-47(2,3)37-25-19-33(20-26-37)15-17-35-23-29-45-41(31-35)39-11-7-9-13-43(39)49(45)50-44-14-10-8-12-40(44)42-32-36(24-30-46(42)50)18-16-34-21-27-38(28-22-34)48(4,5)6/h7-14,19-32H,1-6H3. The summed E-state index contributed by atoms with van der Waals surface area (Å²) in [7, 11) is 0. The fourth-order valence-corrected chi connectivity index (χ4v) is 6.89. The van der Waals surface area contributed by atoms with Crippen molar-refractivity contribution in [3.8, 4) is 23.7 Å². The minimum atomic E-state index is 0.122. The second-order valence-electron chi connectivity index (χ2n) is 15.3. The number of rotatable bonds is 1. The Kier molecular flexibility index (Phi) is 7.44. The van der Waals surface area contributed by atoms with Crippen LogP contribution in [-0.4, -0.2) is 9.35 Å². The fourth-order valence-electron chi connectivity index (χ4n) is 6.89. The zero-order valence-corrected chi connectivity index (χ0v) is 29.6. The first-order valence-electron chi connectivity index (χ1n) is 17.4. The lowest BCUT2D eigenvalue weighted by Crippen LogP contribution is -2.10. The quantitative estimate of drug-likeness (QED) is 0.157. The summed E-state index contributed by atoms with van der Waals surface area (Å²) in [4.78, 5) is 0. The molecule has 0 atom stereocenters. The lowest BCUT2D eigenvalue weighted by atomic mass is 9.87. The van der Waals surface area contributed by atoms with E-state index in [0.29, 0.717) is 0 Å². The van der Waals surface area contributed by atoms with Crippen molar-refractivity contribution >= 4 is 43.6 Å². The van der Waals surface area contributed by atoms with Crippen LogP contribution in [-0.2, 0) is 10.8 Å². The summed E-state index contributed by atoms with van der Waals surface area (Å²) >= 11 is 0. The predicted molar refractivity (Wildman–Crippen MR) is 212 cm³/mol. The molecule has 2 heterocycles. The SMILES string of the molecule is CC(C)(C)c1ccc(C#Cc2ccc3c(c2)c2ccccc2n3-n2c3ccccc3c3cc(C#Cc4ccc(C(C)(C)C)cc4)ccc32)cc1. The molecule has 2 heteroatoms. The first-order valence-corrected chi connectivity index (χ1v) is 17.4. The molecule has 0 aliphatic rings. The molecule has 0 radical (unpaired) electrons. The molecule has 0 aliphatic carbocycles. The Morgan fingerprint density at radius 1 is 0.340 bits per heavy atom. The van der Waals surface area contributed by atoms with Gasteiger partial charge in [0, 0.05) is 43.8 Å². The largest absolute Gasteiger partial charge is 0.248 e. The number of benzene rings is 6. The lowest BCUT2D eigenvalue weighted by molar-refractivity contribution is 0.590. The van der Waals surface area contributed by atoms with Crippen molar-refractivity contribution in [2.24, 2.45) is 0 Å². The predicted octanol–water partition coefficient (Wildman–Crippen LogP) is 11.6. The van der Waals surface area contributed by atoms with Gasteiger partial charge in [0.25, 0.3) is 0 Å². The van der Waals surface area contributed by atoms with Gasteiger partial charge in [0.1, 0.15) is 0 Å². The molecule has 6 aromatic carbocycles. The van der Waals surface area contributed by atoms with Gasteiger partial charge in [-0.05, 0) is 94.8 Å². The molecule has 242 valence electrons. The van der Waals surface area contributed by atoms with Gasteiger partial charge in [-0.15, -0.1) is 0 Å². The molecular formula is C48H40N2.